The molecular weight excluding hydrogens is 352 g/mol. The molecule has 138 valence electrons. The van der Waals surface area contributed by atoms with Crippen LogP contribution in [0.5, 0.6) is 11.5 Å². The normalized spacial score (nSPS) is 12.1. The zero-order valence-corrected chi connectivity index (χ0v) is 14.2. The van der Waals surface area contributed by atoms with Crippen LogP contribution in [0.2, 0.25) is 0 Å². The number of fused-ring (bicyclic) bond motifs is 1. The van der Waals surface area contributed by atoms with Gasteiger partial charge in [0.25, 0.3) is 5.56 Å². The lowest BCUT2D eigenvalue weighted by molar-refractivity contribution is -0.122. The molecule has 4 rings (SSSR count). The standard InChI is InChI=1S/C18H16N4O5/c19-12-7-13(14-2-1-5-25-14)21-22(18(12)24)9-17(23)20-8-11-3-4-15-16(6-11)27-10-26-15/h1-7H,8-10,19H2,(H,20,23). The third-order valence-electron chi connectivity index (χ3n) is 4.00. The molecule has 1 aromatic carbocycles. The molecule has 0 fully saturated rings. The Morgan fingerprint density at radius 2 is 2.07 bits per heavy atom. The van der Waals surface area contributed by atoms with E-state index < -0.39 is 5.56 Å². The van der Waals surface area contributed by atoms with Gasteiger partial charge in [-0.25, -0.2) is 4.68 Å². The van der Waals surface area contributed by atoms with Crippen molar-refractivity contribution in [3.05, 3.63) is 58.6 Å². The molecule has 0 atom stereocenters. The first-order valence-electron chi connectivity index (χ1n) is 8.17. The highest BCUT2D eigenvalue weighted by atomic mass is 16.7. The summed E-state index contributed by atoms with van der Waals surface area (Å²) >= 11 is 0. The number of aromatic nitrogens is 2. The van der Waals surface area contributed by atoms with Crippen molar-refractivity contribution in [1.29, 1.82) is 0 Å². The molecule has 27 heavy (non-hydrogen) atoms. The van der Waals surface area contributed by atoms with Crippen LogP contribution in [0.3, 0.4) is 0 Å². The maximum absolute atomic E-state index is 12.2. The molecule has 1 aliphatic heterocycles. The zero-order valence-electron chi connectivity index (χ0n) is 14.2. The number of nitrogens with one attached hydrogen (secondary N) is 1. The van der Waals surface area contributed by atoms with Gasteiger partial charge in [-0.1, -0.05) is 6.07 Å². The minimum absolute atomic E-state index is 0.0139. The minimum atomic E-state index is -0.538. The van der Waals surface area contributed by atoms with Crippen molar-refractivity contribution in [2.24, 2.45) is 0 Å². The van der Waals surface area contributed by atoms with Crippen LogP contribution < -0.4 is 26.1 Å². The first kappa shape index (κ1) is 16.7. The Bertz CT molecular complexity index is 1040. The summed E-state index contributed by atoms with van der Waals surface area (Å²) < 4.78 is 16.8. The summed E-state index contributed by atoms with van der Waals surface area (Å²) in [5.41, 5.74) is 6.42. The van der Waals surface area contributed by atoms with E-state index in [2.05, 4.69) is 10.4 Å². The highest BCUT2D eigenvalue weighted by Crippen LogP contribution is 2.32. The molecule has 9 nitrogen and oxygen atoms in total. The number of hydrogen-bond donors (Lipinski definition) is 2. The van der Waals surface area contributed by atoms with Crippen LogP contribution in [0, 0.1) is 0 Å². The van der Waals surface area contributed by atoms with Gasteiger partial charge in [-0.05, 0) is 35.9 Å². The fraction of sp³-hybridized carbons (Fsp3) is 0.167. The van der Waals surface area contributed by atoms with Crippen molar-refractivity contribution in [2.45, 2.75) is 13.1 Å². The fourth-order valence-corrected chi connectivity index (χ4v) is 2.66. The monoisotopic (exact) mass is 368 g/mol. The molecule has 0 aliphatic carbocycles. The van der Waals surface area contributed by atoms with Crippen molar-refractivity contribution in [3.8, 4) is 23.0 Å². The molecule has 2 aromatic heterocycles. The average Bonchev–Trinajstić information content (AvgIpc) is 3.34. The number of amides is 1. The second-order valence-corrected chi connectivity index (χ2v) is 5.89. The van der Waals surface area contributed by atoms with Crippen molar-refractivity contribution in [2.75, 3.05) is 12.5 Å². The van der Waals surface area contributed by atoms with Crippen molar-refractivity contribution < 1.29 is 18.7 Å². The van der Waals surface area contributed by atoms with Gasteiger partial charge in [-0.15, -0.1) is 0 Å². The van der Waals surface area contributed by atoms with Crippen LogP contribution in [0.25, 0.3) is 11.5 Å². The van der Waals surface area contributed by atoms with E-state index in [1.165, 1.54) is 12.3 Å². The predicted molar refractivity (Wildman–Crippen MR) is 95.0 cm³/mol. The topological polar surface area (TPSA) is 122 Å². The van der Waals surface area contributed by atoms with Crippen molar-refractivity contribution in [3.63, 3.8) is 0 Å². The zero-order chi connectivity index (χ0) is 18.8. The second kappa shape index (κ2) is 6.87. The molecule has 1 aliphatic rings. The Hall–Kier alpha value is -3.75. The largest absolute Gasteiger partial charge is 0.463 e. The second-order valence-electron chi connectivity index (χ2n) is 5.89. The summed E-state index contributed by atoms with van der Waals surface area (Å²) in [6.07, 6.45) is 1.49. The summed E-state index contributed by atoms with van der Waals surface area (Å²) in [6, 6.07) is 10.2. The first-order chi connectivity index (χ1) is 13.1. The molecule has 9 heteroatoms. The van der Waals surface area contributed by atoms with E-state index in [-0.39, 0.29) is 31.5 Å². The third-order valence-corrected chi connectivity index (χ3v) is 4.00. The summed E-state index contributed by atoms with van der Waals surface area (Å²) in [5.74, 6) is 1.39. The van der Waals surface area contributed by atoms with E-state index in [4.69, 9.17) is 19.6 Å². The highest BCUT2D eigenvalue weighted by Gasteiger charge is 2.15. The van der Waals surface area contributed by atoms with Gasteiger partial charge in [0.2, 0.25) is 12.7 Å². The lowest BCUT2D eigenvalue weighted by atomic mass is 10.2. The number of nitrogen functional groups attached to an aromatic ring is 1. The number of nitrogens with two attached hydrogens (primary N) is 1. The van der Waals surface area contributed by atoms with Gasteiger partial charge in [0.15, 0.2) is 17.3 Å². The lowest BCUT2D eigenvalue weighted by Gasteiger charge is -2.09. The molecule has 0 radical (unpaired) electrons. The molecule has 1 amide bonds. The van der Waals surface area contributed by atoms with Crippen LogP contribution in [0.15, 0.2) is 51.9 Å². The predicted octanol–water partition coefficient (Wildman–Crippen LogP) is 1.13. The molecule has 0 saturated heterocycles. The van der Waals surface area contributed by atoms with E-state index >= 15 is 0 Å². The van der Waals surface area contributed by atoms with Crippen LogP contribution in [-0.4, -0.2) is 22.5 Å². The van der Waals surface area contributed by atoms with Gasteiger partial charge < -0.3 is 24.9 Å². The van der Waals surface area contributed by atoms with Crippen molar-refractivity contribution in [1.82, 2.24) is 15.1 Å². The van der Waals surface area contributed by atoms with Gasteiger partial charge in [0.05, 0.1) is 6.26 Å². The number of ether oxygens (including phenoxy) is 2. The Morgan fingerprint density at radius 3 is 2.89 bits per heavy atom. The number of carbonyl (C=O) groups excluding carboxylic acids is 1. The van der Waals surface area contributed by atoms with Gasteiger partial charge in [-0.2, -0.15) is 5.10 Å². The molecule has 0 saturated carbocycles. The van der Waals surface area contributed by atoms with E-state index in [0.717, 1.165) is 10.2 Å². The number of rotatable bonds is 5. The number of hydrogen-bond acceptors (Lipinski definition) is 7. The third kappa shape index (κ3) is 3.47. The minimum Gasteiger partial charge on any atom is -0.463 e. The highest BCUT2D eigenvalue weighted by molar-refractivity contribution is 5.75. The molecule has 3 aromatic rings. The van der Waals surface area contributed by atoms with E-state index in [9.17, 15) is 9.59 Å². The number of nitrogens with zero attached hydrogens (tertiary/aromatic N) is 2. The Morgan fingerprint density at radius 1 is 1.22 bits per heavy atom. The van der Waals surface area contributed by atoms with E-state index in [0.29, 0.717) is 23.0 Å². The Labute approximate surface area is 153 Å². The van der Waals surface area contributed by atoms with Crippen LogP contribution in [0.4, 0.5) is 5.69 Å². The van der Waals surface area contributed by atoms with E-state index in [1.807, 2.05) is 6.07 Å². The van der Waals surface area contributed by atoms with Gasteiger partial charge >= 0.3 is 0 Å². The van der Waals surface area contributed by atoms with Crippen LogP contribution >= 0.6 is 0 Å². The molecule has 0 unspecified atom stereocenters. The van der Waals surface area contributed by atoms with E-state index in [1.54, 1.807) is 24.3 Å². The maximum atomic E-state index is 12.2. The SMILES string of the molecule is Nc1cc(-c2ccco2)nn(CC(=O)NCc2ccc3c(c2)OCO3)c1=O. The maximum Gasteiger partial charge on any atom is 0.290 e. The summed E-state index contributed by atoms with van der Waals surface area (Å²) in [6.45, 7) is 0.201. The molecule has 0 bridgehead atoms. The Balaban J connectivity index is 1.45. The lowest BCUT2D eigenvalue weighted by Crippen LogP contribution is -2.34. The molecule has 3 N–H and O–H groups in total. The van der Waals surface area contributed by atoms with Gasteiger partial charge in [0.1, 0.15) is 17.9 Å². The van der Waals surface area contributed by atoms with Gasteiger partial charge in [-0.3, -0.25) is 9.59 Å². The number of carbonyl (C=O) groups is 1. The summed E-state index contributed by atoms with van der Waals surface area (Å²) in [4.78, 5) is 24.4. The summed E-state index contributed by atoms with van der Waals surface area (Å²) in [5, 5.41) is 6.89. The number of furan rings is 1. The fourth-order valence-electron chi connectivity index (χ4n) is 2.66. The quantitative estimate of drug-likeness (QED) is 0.692. The smallest absolute Gasteiger partial charge is 0.290 e. The molecular formula is C18H16N4O5. The number of anilines is 1. The van der Waals surface area contributed by atoms with Crippen LogP contribution in [0.1, 0.15) is 5.56 Å². The average molecular weight is 368 g/mol. The van der Waals surface area contributed by atoms with Crippen LogP contribution in [-0.2, 0) is 17.9 Å². The number of benzene rings is 1. The molecule has 3 heterocycles. The Kier molecular flexibility index (Phi) is 4.25. The van der Waals surface area contributed by atoms with Crippen molar-refractivity contribution >= 4 is 11.6 Å². The first-order valence-corrected chi connectivity index (χ1v) is 8.17. The molecule has 0 spiro atoms. The van der Waals surface area contributed by atoms with Gasteiger partial charge in [0, 0.05) is 6.54 Å². The summed E-state index contributed by atoms with van der Waals surface area (Å²) in [7, 11) is 0.